The minimum Gasteiger partial charge on any atom is -0.311 e. The van der Waals surface area contributed by atoms with Gasteiger partial charge >= 0.3 is 0 Å². The standard InChI is InChI=1S/C63H58N2/c1-40-26-27-41-36-57-59(60(58(40)41)65(43-20-10-7-11-21-43)46-29-32-50-48-23-13-15-25-53(48)62(4,5)55(50)38-46)51-33-30-45(39-56(51)63(57)34-16-17-35-63)64(42-18-8-6-9-19-42)44-28-31-49-47-22-12-14-24-52(47)61(2,3)54(49)37-44/h6-13,15,18-23,25-33,36-40,49,54H,14,16-17,24,34-35H2,1-5H3. The second-order valence-corrected chi connectivity index (χ2v) is 21.2. The smallest absolute Gasteiger partial charge is 0.0587 e. The molecule has 0 radical (unpaired) electrons. The lowest BCUT2D eigenvalue weighted by Gasteiger charge is -2.36. The molecule has 0 aliphatic heterocycles. The SMILES string of the molecule is CC1C=Cc2cc3c(c(N(c4ccccc4)c4ccc5c(c4)C(C)(C)c4ccccc4-5)c21)-c1ccc(N(C2=CC4C(C=C2)C2=C(CCC=C2)C4(C)C)c2ccccc2)cc1C31CCCC1. The first-order valence-corrected chi connectivity index (χ1v) is 24.4. The number of hydrogen-bond acceptors (Lipinski definition) is 2. The summed E-state index contributed by atoms with van der Waals surface area (Å²) in [7, 11) is 0. The molecular weight excluding hydrogens is 785 g/mol. The van der Waals surface area contributed by atoms with Crippen molar-refractivity contribution in [3.63, 3.8) is 0 Å². The van der Waals surface area contributed by atoms with E-state index in [2.05, 4.69) is 214 Å². The third kappa shape index (κ3) is 5.46. The quantitative estimate of drug-likeness (QED) is 0.165. The third-order valence-electron chi connectivity index (χ3n) is 17.1. The summed E-state index contributed by atoms with van der Waals surface area (Å²) in [5, 5.41) is 0. The van der Waals surface area contributed by atoms with E-state index in [0.717, 1.165) is 6.42 Å². The maximum Gasteiger partial charge on any atom is 0.0587 e. The number of rotatable bonds is 6. The van der Waals surface area contributed by atoms with Crippen LogP contribution in [0.25, 0.3) is 28.3 Å². The summed E-state index contributed by atoms with van der Waals surface area (Å²) in [6, 6.07) is 48.9. The van der Waals surface area contributed by atoms with E-state index in [1.807, 2.05) is 0 Å². The number of fused-ring (bicyclic) bond motifs is 11. The van der Waals surface area contributed by atoms with Crippen molar-refractivity contribution >= 4 is 34.5 Å². The summed E-state index contributed by atoms with van der Waals surface area (Å²) < 4.78 is 0. The van der Waals surface area contributed by atoms with Crippen LogP contribution in [0.5, 0.6) is 0 Å². The van der Waals surface area contributed by atoms with E-state index in [9.17, 15) is 0 Å². The Hall–Kier alpha value is -6.38. The minimum atomic E-state index is -0.106. The highest BCUT2D eigenvalue weighted by atomic mass is 15.2. The zero-order valence-electron chi connectivity index (χ0n) is 38.5. The summed E-state index contributed by atoms with van der Waals surface area (Å²) in [4.78, 5) is 5.21. The summed E-state index contributed by atoms with van der Waals surface area (Å²) in [5.41, 5.74) is 24.9. The van der Waals surface area contributed by atoms with Crippen LogP contribution >= 0.6 is 0 Å². The Labute approximate surface area is 386 Å². The molecule has 0 N–H and O–H groups in total. The zero-order chi connectivity index (χ0) is 43.8. The largest absolute Gasteiger partial charge is 0.311 e. The zero-order valence-corrected chi connectivity index (χ0v) is 38.5. The molecule has 2 nitrogen and oxygen atoms in total. The van der Waals surface area contributed by atoms with Crippen LogP contribution in [0, 0.1) is 17.3 Å². The number of benzene rings is 6. The predicted octanol–water partition coefficient (Wildman–Crippen LogP) is 16.9. The normalized spacial score (nSPS) is 22.5. The summed E-state index contributed by atoms with van der Waals surface area (Å²) >= 11 is 0. The van der Waals surface area contributed by atoms with Crippen LogP contribution in [0.3, 0.4) is 0 Å². The molecule has 6 aromatic carbocycles. The van der Waals surface area contributed by atoms with Crippen molar-refractivity contribution in [2.75, 3.05) is 9.80 Å². The molecule has 13 rings (SSSR count). The van der Waals surface area contributed by atoms with Gasteiger partial charge in [-0.1, -0.05) is 162 Å². The fraction of sp³-hybridized carbons (Fsp3) is 0.270. The Balaban J connectivity index is 1.02. The molecule has 0 heterocycles. The molecule has 1 fully saturated rings. The molecule has 3 unspecified atom stereocenters. The predicted molar refractivity (Wildman–Crippen MR) is 273 cm³/mol. The van der Waals surface area contributed by atoms with Crippen molar-refractivity contribution < 1.29 is 0 Å². The van der Waals surface area contributed by atoms with Gasteiger partial charge in [-0.15, -0.1) is 0 Å². The monoisotopic (exact) mass is 842 g/mol. The first-order valence-electron chi connectivity index (χ1n) is 24.4. The summed E-state index contributed by atoms with van der Waals surface area (Å²) in [6.07, 6.45) is 24.4. The van der Waals surface area contributed by atoms with E-state index >= 15 is 0 Å². The molecule has 0 bridgehead atoms. The molecule has 320 valence electrons. The van der Waals surface area contributed by atoms with Crippen molar-refractivity contribution in [3.8, 4) is 22.3 Å². The van der Waals surface area contributed by atoms with Crippen molar-refractivity contribution in [2.24, 2.45) is 17.3 Å². The fourth-order valence-corrected chi connectivity index (χ4v) is 14.0. The van der Waals surface area contributed by atoms with Gasteiger partial charge in [0, 0.05) is 56.7 Å². The second kappa shape index (κ2) is 14.1. The Kier molecular flexibility index (Phi) is 8.44. The van der Waals surface area contributed by atoms with Crippen molar-refractivity contribution in [3.05, 3.63) is 214 Å². The lowest BCUT2D eigenvalue weighted by Crippen LogP contribution is -2.28. The van der Waals surface area contributed by atoms with E-state index in [1.54, 1.807) is 11.1 Å². The highest BCUT2D eigenvalue weighted by Crippen LogP contribution is 2.64. The van der Waals surface area contributed by atoms with E-state index < -0.39 is 0 Å². The Morgan fingerprint density at radius 1 is 0.569 bits per heavy atom. The van der Waals surface area contributed by atoms with Gasteiger partial charge in [-0.3, -0.25) is 0 Å². The number of para-hydroxylation sites is 2. The van der Waals surface area contributed by atoms with E-state index in [0.29, 0.717) is 11.8 Å². The lowest BCUT2D eigenvalue weighted by atomic mass is 9.72. The second-order valence-electron chi connectivity index (χ2n) is 21.2. The lowest BCUT2D eigenvalue weighted by molar-refractivity contribution is 0.308. The molecule has 7 aliphatic rings. The Morgan fingerprint density at radius 2 is 1.23 bits per heavy atom. The topological polar surface area (TPSA) is 6.48 Å². The average Bonchev–Trinajstić information content (AvgIpc) is 4.13. The van der Waals surface area contributed by atoms with Gasteiger partial charge in [0.05, 0.1) is 5.69 Å². The summed E-state index contributed by atoms with van der Waals surface area (Å²) in [5.74, 6) is 1.14. The molecule has 2 heteroatoms. The Morgan fingerprint density at radius 3 is 2.00 bits per heavy atom. The number of allylic oxidation sites excluding steroid dienone is 8. The molecule has 6 aromatic rings. The van der Waals surface area contributed by atoms with Crippen molar-refractivity contribution in [1.29, 1.82) is 0 Å². The highest BCUT2D eigenvalue weighted by Gasteiger charge is 2.50. The van der Waals surface area contributed by atoms with E-state index in [4.69, 9.17) is 0 Å². The number of anilines is 5. The van der Waals surface area contributed by atoms with Crippen LogP contribution in [-0.2, 0) is 10.8 Å². The van der Waals surface area contributed by atoms with Crippen LogP contribution in [-0.4, -0.2) is 0 Å². The van der Waals surface area contributed by atoms with E-state index in [1.165, 1.54) is 122 Å². The first-order chi connectivity index (χ1) is 31.6. The van der Waals surface area contributed by atoms with Crippen LogP contribution in [0.4, 0.5) is 28.4 Å². The van der Waals surface area contributed by atoms with Gasteiger partial charge in [0.2, 0.25) is 0 Å². The van der Waals surface area contributed by atoms with Gasteiger partial charge < -0.3 is 9.80 Å². The van der Waals surface area contributed by atoms with Crippen molar-refractivity contribution in [2.45, 2.75) is 89.9 Å². The van der Waals surface area contributed by atoms with Gasteiger partial charge in [-0.2, -0.15) is 0 Å². The fourth-order valence-electron chi connectivity index (χ4n) is 14.0. The first kappa shape index (κ1) is 39.0. The summed E-state index contributed by atoms with van der Waals surface area (Å²) in [6.45, 7) is 12.2. The Bertz CT molecular complexity index is 3130. The molecule has 1 saturated carbocycles. The molecular formula is C63H58N2. The van der Waals surface area contributed by atoms with Gasteiger partial charge in [0.15, 0.2) is 0 Å². The maximum atomic E-state index is 2.64. The molecule has 0 saturated heterocycles. The van der Waals surface area contributed by atoms with Crippen LogP contribution < -0.4 is 9.80 Å². The van der Waals surface area contributed by atoms with Gasteiger partial charge in [-0.05, 0) is 153 Å². The van der Waals surface area contributed by atoms with Crippen LogP contribution in [0.15, 0.2) is 181 Å². The molecule has 65 heavy (non-hydrogen) atoms. The highest BCUT2D eigenvalue weighted by molar-refractivity contribution is 6.01. The van der Waals surface area contributed by atoms with Crippen molar-refractivity contribution in [1.82, 2.24) is 0 Å². The van der Waals surface area contributed by atoms with Gasteiger partial charge in [-0.25, -0.2) is 0 Å². The molecule has 0 aromatic heterocycles. The van der Waals surface area contributed by atoms with Gasteiger partial charge in [0.1, 0.15) is 0 Å². The minimum absolute atomic E-state index is 0.0545. The molecule has 1 spiro atoms. The number of hydrogen-bond donors (Lipinski definition) is 0. The van der Waals surface area contributed by atoms with Crippen LogP contribution in [0.2, 0.25) is 0 Å². The maximum absolute atomic E-state index is 2.64. The molecule has 0 amide bonds. The third-order valence-corrected chi connectivity index (χ3v) is 17.1. The molecule has 7 aliphatic carbocycles. The van der Waals surface area contributed by atoms with Crippen LogP contribution in [0.1, 0.15) is 112 Å². The number of nitrogens with zero attached hydrogens (tertiary/aromatic N) is 2. The average molecular weight is 843 g/mol. The van der Waals surface area contributed by atoms with Gasteiger partial charge in [0.25, 0.3) is 0 Å². The molecule has 3 atom stereocenters. The van der Waals surface area contributed by atoms with E-state index in [-0.39, 0.29) is 22.2 Å².